The van der Waals surface area contributed by atoms with Crippen LogP contribution in [-0.2, 0) is 4.79 Å². The third kappa shape index (κ3) is 4.37. The van der Waals surface area contributed by atoms with Crippen molar-refractivity contribution in [3.63, 3.8) is 0 Å². The molecule has 2 aromatic carbocycles. The number of benzene rings is 2. The third-order valence-electron chi connectivity index (χ3n) is 3.70. The molecule has 0 saturated heterocycles. The van der Waals surface area contributed by atoms with E-state index in [1.807, 2.05) is 55.5 Å². The second-order valence-electron chi connectivity index (χ2n) is 5.70. The van der Waals surface area contributed by atoms with Crippen LogP contribution in [0.4, 0.5) is 5.13 Å². The van der Waals surface area contributed by atoms with Crippen molar-refractivity contribution >= 4 is 22.4 Å². The summed E-state index contributed by atoms with van der Waals surface area (Å²) >= 11 is 1.30. The molecule has 7 heteroatoms. The highest BCUT2D eigenvalue weighted by atomic mass is 32.1. The highest BCUT2D eigenvalue weighted by Crippen LogP contribution is 2.28. The molecule has 3 aromatic rings. The standard InChI is InChI=1S/C19H19N3O3S/c1-12-4-8-16(9-5-12)25-13(2)17(23)20-19-22-21-18(26-19)14-6-10-15(24-3)11-7-14/h4-11,13H,1-3H3,(H,20,22,23)/t13-/m0/s1. The molecule has 0 aliphatic carbocycles. The Morgan fingerprint density at radius 2 is 1.69 bits per heavy atom. The number of rotatable bonds is 6. The van der Waals surface area contributed by atoms with Gasteiger partial charge < -0.3 is 9.47 Å². The lowest BCUT2D eigenvalue weighted by atomic mass is 10.2. The molecule has 1 heterocycles. The summed E-state index contributed by atoms with van der Waals surface area (Å²) in [4.78, 5) is 12.3. The minimum atomic E-state index is -0.647. The smallest absolute Gasteiger partial charge is 0.266 e. The van der Waals surface area contributed by atoms with Crippen LogP contribution in [0.25, 0.3) is 10.6 Å². The number of nitrogens with one attached hydrogen (secondary N) is 1. The average Bonchev–Trinajstić information content (AvgIpc) is 3.12. The van der Waals surface area contributed by atoms with Crippen LogP contribution in [0.15, 0.2) is 48.5 Å². The van der Waals surface area contributed by atoms with Gasteiger partial charge in [-0.15, -0.1) is 10.2 Å². The SMILES string of the molecule is COc1ccc(-c2nnc(NC(=O)[C@H](C)Oc3ccc(C)cc3)s2)cc1. The quantitative estimate of drug-likeness (QED) is 0.713. The first-order chi connectivity index (χ1) is 12.5. The normalized spacial score (nSPS) is 11.7. The molecule has 1 aromatic heterocycles. The van der Waals surface area contributed by atoms with Crippen LogP contribution < -0.4 is 14.8 Å². The van der Waals surface area contributed by atoms with E-state index in [0.717, 1.165) is 21.9 Å². The van der Waals surface area contributed by atoms with Crippen LogP contribution >= 0.6 is 11.3 Å². The second-order valence-corrected chi connectivity index (χ2v) is 6.68. The zero-order chi connectivity index (χ0) is 18.5. The first-order valence-electron chi connectivity index (χ1n) is 8.07. The van der Waals surface area contributed by atoms with Crippen molar-refractivity contribution < 1.29 is 14.3 Å². The van der Waals surface area contributed by atoms with E-state index in [1.165, 1.54) is 11.3 Å². The molecule has 26 heavy (non-hydrogen) atoms. The summed E-state index contributed by atoms with van der Waals surface area (Å²) < 4.78 is 10.8. The summed E-state index contributed by atoms with van der Waals surface area (Å²) in [6.07, 6.45) is -0.647. The fourth-order valence-corrected chi connectivity index (χ4v) is 2.96. The Kier molecular flexibility index (Phi) is 5.48. The van der Waals surface area contributed by atoms with Crippen LogP contribution in [0.2, 0.25) is 0 Å². The maximum atomic E-state index is 12.3. The van der Waals surface area contributed by atoms with Gasteiger partial charge in [-0.2, -0.15) is 0 Å². The molecule has 0 aliphatic rings. The summed E-state index contributed by atoms with van der Waals surface area (Å²) in [7, 11) is 1.62. The molecule has 0 spiro atoms. The van der Waals surface area contributed by atoms with Crippen molar-refractivity contribution in [1.29, 1.82) is 0 Å². The summed E-state index contributed by atoms with van der Waals surface area (Å²) in [5.41, 5.74) is 2.04. The highest BCUT2D eigenvalue weighted by Gasteiger charge is 2.17. The Balaban J connectivity index is 1.62. The largest absolute Gasteiger partial charge is 0.497 e. The predicted molar refractivity (Wildman–Crippen MR) is 102 cm³/mol. The lowest BCUT2D eigenvalue weighted by molar-refractivity contribution is -0.122. The van der Waals surface area contributed by atoms with Crippen LogP contribution in [0.3, 0.4) is 0 Å². The zero-order valence-electron chi connectivity index (χ0n) is 14.7. The molecule has 1 atom stereocenters. The molecule has 0 radical (unpaired) electrons. The van der Waals surface area contributed by atoms with E-state index < -0.39 is 6.10 Å². The monoisotopic (exact) mass is 369 g/mol. The van der Waals surface area contributed by atoms with Gasteiger partial charge >= 0.3 is 0 Å². The number of aromatic nitrogens is 2. The van der Waals surface area contributed by atoms with Crippen molar-refractivity contribution in [2.75, 3.05) is 12.4 Å². The highest BCUT2D eigenvalue weighted by molar-refractivity contribution is 7.18. The zero-order valence-corrected chi connectivity index (χ0v) is 15.5. The molecule has 0 unspecified atom stereocenters. The van der Waals surface area contributed by atoms with Crippen molar-refractivity contribution in [3.05, 3.63) is 54.1 Å². The fraction of sp³-hybridized carbons (Fsp3) is 0.211. The van der Waals surface area contributed by atoms with E-state index in [0.29, 0.717) is 10.9 Å². The Labute approximate surface area is 155 Å². The molecule has 6 nitrogen and oxygen atoms in total. The van der Waals surface area contributed by atoms with Gasteiger partial charge in [-0.05, 0) is 50.2 Å². The summed E-state index contributed by atoms with van der Waals surface area (Å²) in [6, 6.07) is 15.1. The molecule has 0 aliphatic heterocycles. The van der Waals surface area contributed by atoms with E-state index in [4.69, 9.17) is 9.47 Å². The summed E-state index contributed by atoms with van der Waals surface area (Å²) in [6.45, 7) is 3.69. The van der Waals surface area contributed by atoms with Crippen LogP contribution in [-0.4, -0.2) is 29.3 Å². The van der Waals surface area contributed by atoms with Gasteiger partial charge in [-0.1, -0.05) is 29.0 Å². The first kappa shape index (κ1) is 17.9. The van der Waals surface area contributed by atoms with E-state index in [1.54, 1.807) is 14.0 Å². The minimum Gasteiger partial charge on any atom is -0.497 e. The molecular weight excluding hydrogens is 350 g/mol. The minimum absolute atomic E-state index is 0.275. The maximum absolute atomic E-state index is 12.3. The Bertz CT molecular complexity index is 876. The van der Waals surface area contributed by atoms with Gasteiger partial charge in [0.15, 0.2) is 6.10 Å². The molecule has 1 N–H and O–H groups in total. The van der Waals surface area contributed by atoms with Gasteiger partial charge in [0.1, 0.15) is 16.5 Å². The van der Waals surface area contributed by atoms with E-state index >= 15 is 0 Å². The van der Waals surface area contributed by atoms with E-state index in [9.17, 15) is 4.79 Å². The number of amides is 1. The number of hydrogen-bond donors (Lipinski definition) is 1. The fourth-order valence-electron chi connectivity index (χ4n) is 2.21. The molecule has 134 valence electrons. The van der Waals surface area contributed by atoms with Gasteiger partial charge in [-0.3, -0.25) is 10.1 Å². The number of anilines is 1. The van der Waals surface area contributed by atoms with Crippen molar-refractivity contribution in [2.24, 2.45) is 0 Å². The lowest BCUT2D eigenvalue weighted by Crippen LogP contribution is -2.30. The first-order valence-corrected chi connectivity index (χ1v) is 8.89. The van der Waals surface area contributed by atoms with Crippen molar-refractivity contribution in [3.8, 4) is 22.1 Å². The van der Waals surface area contributed by atoms with Gasteiger partial charge in [0.05, 0.1) is 7.11 Å². The summed E-state index contributed by atoms with van der Waals surface area (Å²) in [5.74, 6) is 1.14. The average molecular weight is 369 g/mol. The molecule has 0 bridgehead atoms. The predicted octanol–water partition coefficient (Wildman–Crippen LogP) is 3.93. The Hall–Kier alpha value is -2.93. The Morgan fingerprint density at radius 1 is 1.04 bits per heavy atom. The second kappa shape index (κ2) is 7.97. The number of carbonyl (C=O) groups is 1. The molecular formula is C19H19N3O3S. The molecule has 1 amide bonds. The topological polar surface area (TPSA) is 73.3 Å². The third-order valence-corrected chi connectivity index (χ3v) is 4.58. The van der Waals surface area contributed by atoms with Crippen LogP contribution in [0, 0.1) is 6.92 Å². The molecule has 0 fully saturated rings. The molecule has 0 saturated carbocycles. The van der Waals surface area contributed by atoms with E-state index in [2.05, 4.69) is 15.5 Å². The number of aryl methyl sites for hydroxylation is 1. The van der Waals surface area contributed by atoms with Crippen molar-refractivity contribution in [1.82, 2.24) is 10.2 Å². The number of ether oxygens (including phenoxy) is 2. The van der Waals surface area contributed by atoms with Gasteiger partial charge in [0.2, 0.25) is 5.13 Å². The molecule has 3 rings (SSSR count). The Morgan fingerprint density at radius 3 is 2.35 bits per heavy atom. The number of carbonyl (C=O) groups excluding carboxylic acids is 1. The van der Waals surface area contributed by atoms with Gasteiger partial charge in [0.25, 0.3) is 5.91 Å². The van der Waals surface area contributed by atoms with Crippen LogP contribution in [0.5, 0.6) is 11.5 Å². The number of nitrogens with zero attached hydrogens (tertiary/aromatic N) is 2. The number of hydrogen-bond acceptors (Lipinski definition) is 6. The van der Waals surface area contributed by atoms with E-state index in [-0.39, 0.29) is 5.91 Å². The lowest BCUT2D eigenvalue weighted by Gasteiger charge is -2.13. The van der Waals surface area contributed by atoms with Crippen LogP contribution in [0.1, 0.15) is 12.5 Å². The van der Waals surface area contributed by atoms with Crippen molar-refractivity contribution in [2.45, 2.75) is 20.0 Å². The van der Waals surface area contributed by atoms with Gasteiger partial charge in [0, 0.05) is 5.56 Å². The van der Waals surface area contributed by atoms with Gasteiger partial charge in [-0.25, -0.2) is 0 Å². The number of methoxy groups -OCH3 is 1. The summed E-state index contributed by atoms with van der Waals surface area (Å²) in [5, 5.41) is 12.0. The maximum Gasteiger partial charge on any atom is 0.266 e.